The maximum absolute atomic E-state index is 13.5. The van der Waals surface area contributed by atoms with Gasteiger partial charge in [0.2, 0.25) is 0 Å². The van der Waals surface area contributed by atoms with E-state index in [-0.39, 0.29) is 11.6 Å². The van der Waals surface area contributed by atoms with Crippen molar-refractivity contribution in [3.63, 3.8) is 0 Å². The van der Waals surface area contributed by atoms with Crippen LogP contribution in [0.5, 0.6) is 0 Å². The third kappa shape index (κ3) is 3.03. The van der Waals surface area contributed by atoms with Crippen LogP contribution in [0.4, 0.5) is 4.39 Å². The van der Waals surface area contributed by atoms with E-state index in [0.717, 1.165) is 20.4 Å². The number of Topliss-reactive ketones (excluding diaryl/α,β-unsaturated/α-hetero) is 1. The number of esters is 1. The van der Waals surface area contributed by atoms with Gasteiger partial charge in [-0.05, 0) is 64.4 Å². The third-order valence-electron chi connectivity index (χ3n) is 4.98. The topological polar surface area (TPSA) is 61.2 Å². The van der Waals surface area contributed by atoms with Gasteiger partial charge in [0, 0.05) is 30.1 Å². The highest BCUT2D eigenvalue weighted by Gasteiger charge is 2.39. The van der Waals surface area contributed by atoms with Gasteiger partial charge in [0.1, 0.15) is 11.7 Å². The first-order chi connectivity index (χ1) is 13.5. The predicted molar refractivity (Wildman–Crippen MR) is 110 cm³/mol. The van der Waals surface area contributed by atoms with Crippen molar-refractivity contribution in [2.45, 2.75) is 13.0 Å². The van der Waals surface area contributed by atoms with Crippen molar-refractivity contribution in [1.29, 1.82) is 0 Å². The number of hydrogen-bond donors (Lipinski definition) is 0. The lowest BCUT2D eigenvalue weighted by Gasteiger charge is -2.22. The Kier molecular flexibility index (Phi) is 5.01. The number of pyridine rings is 1. The molecule has 142 valence electrons. The average molecular weight is 490 g/mol. The summed E-state index contributed by atoms with van der Waals surface area (Å²) in [4.78, 5) is 29.5. The summed E-state index contributed by atoms with van der Waals surface area (Å²) in [6.07, 6.45) is 3.77. The second-order valence-corrected chi connectivity index (χ2v) is 7.53. The van der Waals surface area contributed by atoms with Gasteiger partial charge < -0.3 is 9.30 Å². The van der Waals surface area contributed by atoms with E-state index in [0.29, 0.717) is 24.2 Å². The number of carbonyl (C=O) groups is 2. The standard InChI is InChI=1S/C21H16FIN2O3/c1-28-21(27)15-8-11-25-18(19(15)26)16(12-2-4-14(22)5-3-12)17(20(25)23)13-6-9-24-10-7-13/h2-7,9-10,15H,8,11H2,1H3. The Hall–Kier alpha value is -2.55. The van der Waals surface area contributed by atoms with E-state index in [4.69, 9.17) is 4.74 Å². The second-order valence-electron chi connectivity index (χ2n) is 6.51. The molecule has 0 amide bonds. The first-order valence-electron chi connectivity index (χ1n) is 8.73. The molecular formula is C21H16FIN2O3. The van der Waals surface area contributed by atoms with Crippen molar-refractivity contribution in [3.05, 3.63) is 64.0 Å². The molecular weight excluding hydrogens is 474 g/mol. The van der Waals surface area contributed by atoms with Gasteiger partial charge in [-0.3, -0.25) is 14.6 Å². The van der Waals surface area contributed by atoms with E-state index in [9.17, 15) is 14.0 Å². The van der Waals surface area contributed by atoms with Gasteiger partial charge in [-0.2, -0.15) is 0 Å². The van der Waals surface area contributed by atoms with Gasteiger partial charge in [0.05, 0.1) is 16.5 Å². The van der Waals surface area contributed by atoms with Crippen molar-refractivity contribution in [2.24, 2.45) is 5.92 Å². The molecule has 1 aliphatic heterocycles. The van der Waals surface area contributed by atoms with Crippen LogP contribution in [0.15, 0.2) is 48.8 Å². The zero-order chi connectivity index (χ0) is 19.8. The average Bonchev–Trinajstić information content (AvgIpc) is 3.02. The molecule has 5 nitrogen and oxygen atoms in total. The Morgan fingerprint density at radius 2 is 1.79 bits per heavy atom. The largest absolute Gasteiger partial charge is 0.468 e. The summed E-state index contributed by atoms with van der Waals surface area (Å²) in [5.41, 5.74) is 3.67. The molecule has 3 aromatic rings. The Bertz CT molecular complexity index is 1060. The number of ether oxygens (including phenoxy) is 1. The first kappa shape index (κ1) is 18.8. The van der Waals surface area contributed by atoms with Gasteiger partial charge in [0.15, 0.2) is 5.78 Å². The second kappa shape index (κ2) is 7.46. The van der Waals surface area contributed by atoms with Crippen LogP contribution in [0, 0.1) is 15.4 Å². The smallest absolute Gasteiger partial charge is 0.316 e. The maximum atomic E-state index is 13.5. The zero-order valence-corrected chi connectivity index (χ0v) is 17.1. The van der Waals surface area contributed by atoms with Crippen LogP contribution in [0.2, 0.25) is 0 Å². The highest BCUT2D eigenvalue weighted by molar-refractivity contribution is 14.1. The summed E-state index contributed by atoms with van der Waals surface area (Å²) >= 11 is 2.23. The van der Waals surface area contributed by atoms with Gasteiger partial charge in [-0.25, -0.2) is 4.39 Å². The molecule has 0 saturated carbocycles. The molecule has 0 aliphatic carbocycles. The minimum atomic E-state index is -0.826. The SMILES string of the molecule is COC(=O)C1CCn2c(I)c(-c3ccncc3)c(-c3ccc(F)cc3)c2C1=O. The third-order valence-corrected chi connectivity index (χ3v) is 6.10. The molecule has 0 N–H and O–H groups in total. The molecule has 2 aromatic heterocycles. The molecule has 0 saturated heterocycles. The number of hydrogen-bond acceptors (Lipinski definition) is 4. The zero-order valence-electron chi connectivity index (χ0n) is 15.0. The monoisotopic (exact) mass is 490 g/mol. The van der Waals surface area contributed by atoms with Crippen molar-refractivity contribution >= 4 is 34.3 Å². The van der Waals surface area contributed by atoms with Gasteiger partial charge in [-0.1, -0.05) is 12.1 Å². The Labute approximate surface area is 174 Å². The number of ketones is 1. The summed E-state index contributed by atoms with van der Waals surface area (Å²) in [5.74, 6) is -1.97. The molecule has 0 fully saturated rings. The molecule has 0 bridgehead atoms. The molecule has 1 aromatic carbocycles. The van der Waals surface area contributed by atoms with E-state index < -0.39 is 11.9 Å². The number of aromatic nitrogens is 2. The number of halogens is 2. The molecule has 7 heteroatoms. The lowest BCUT2D eigenvalue weighted by atomic mass is 9.89. The summed E-state index contributed by atoms with van der Waals surface area (Å²) in [7, 11) is 1.29. The van der Waals surface area contributed by atoms with E-state index in [1.807, 2.05) is 16.7 Å². The highest BCUT2D eigenvalue weighted by atomic mass is 127. The van der Waals surface area contributed by atoms with Crippen molar-refractivity contribution in [2.75, 3.05) is 7.11 Å². The fraction of sp³-hybridized carbons (Fsp3) is 0.190. The van der Waals surface area contributed by atoms with E-state index in [1.54, 1.807) is 24.5 Å². The number of carbonyl (C=O) groups excluding carboxylic acids is 2. The van der Waals surface area contributed by atoms with E-state index in [1.165, 1.54) is 19.2 Å². The Morgan fingerprint density at radius 3 is 2.43 bits per heavy atom. The molecule has 1 unspecified atom stereocenters. The van der Waals surface area contributed by atoms with Crippen molar-refractivity contribution in [3.8, 4) is 22.3 Å². The lowest BCUT2D eigenvalue weighted by Crippen LogP contribution is -2.33. The molecule has 4 rings (SSSR count). The highest BCUT2D eigenvalue weighted by Crippen LogP contribution is 2.43. The molecule has 28 heavy (non-hydrogen) atoms. The van der Waals surface area contributed by atoms with Crippen LogP contribution in [-0.2, 0) is 16.1 Å². The van der Waals surface area contributed by atoms with Gasteiger partial charge in [-0.15, -0.1) is 0 Å². The number of methoxy groups -OCH3 is 1. The molecule has 0 radical (unpaired) electrons. The van der Waals surface area contributed by atoms with Crippen molar-refractivity contribution < 1.29 is 18.7 Å². The predicted octanol–water partition coefficient (Wildman–Crippen LogP) is 4.34. The van der Waals surface area contributed by atoms with Crippen molar-refractivity contribution in [1.82, 2.24) is 9.55 Å². The van der Waals surface area contributed by atoms with Crippen LogP contribution in [0.3, 0.4) is 0 Å². The Balaban J connectivity index is 2.00. The van der Waals surface area contributed by atoms with Crippen LogP contribution < -0.4 is 0 Å². The first-order valence-corrected chi connectivity index (χ1v) is 9.81. The van der Waals surface area contributed by atoms with Crippen LogP contribution in [0.25, 0.3) is 22.3 Å². The van der Waals surface area contributed by atoms with E-state index in [2.05, 4.69) is 27.6 Å². The minimum absolute atomic E-state index is 0.268. The minimum Gasteiger partial charge on any atom is -0.468 e. The summed E-state index contributed by atoms with van der Waals surface area (Å²) < 4.78 is 21.2. The Morgan fingerprint density at radius 1 is 1.14 bits per heavy atom. The van der Waals surface area contributed by atoms with Crippen LogP contribution in [-0.4, -0.2) is 28.4 Å². The lowest BCUT2D eigenvalue weighted by molar-refractivity contribution is -0.144. The number of benzene rings is 1. The molecule has 1 atom stereocenters. The molecule has 3 heterocycles. The van der Waals surface area contributed by atoms with E-state index >= 15 is 0 Å². The number of rotatable bonds is 3. The fourth-order valence-electron chi connectivity index (χ4n) is 3.66. The molecule has 0 spiro atoms. The fourth-order valence-corrected chi connectivity index (χ4v) is 4.72. The normalized spacial score (nSPS) is 16.0. The summed E-state index contributed by atoms with van der Waals surface area (Å²) in [6.45, 7) is 0.526. The van der Waals surface area contributed by atoms with Crippen LogP contribution >= 0.6 is 22.6 Å². The van der Waals surface area contributed by atoms with Gasteiger partial charge in [0.25, 0.3) is 0 Å². The number of fused-ring (bicyclic) bond motifs is 1. The number of nitrogens with zero attached hydrogens (tertiary/aromatic N) is 2. The quantitative estimate of drug-likeness (QED) is 0.312. The maximum Gasteiger partial charge on any atom is 0.316 e. The summed E-state index contributed by atoms with van der Waals surface area (Å²) in [5, 5.41) is 0. The molecule has 1 aliphatic rings. The van der Waals surface area contributed by atoms with Crippen LogP contribution in [0.1, 0.15) is 16.9 Å². The van der Waals surface area contributed by atoms with Gasteiger partial charge >= 0.3 is 5.97 Å². The summed E-state index contributed by atoms with van der Waals surface area (Å²) in [6, 6.07) is 9.79.